The summed E-state index contributed by atoms with van der Waals surface area (Å²) in [5, 5.41) is 17.9. The third-order valence-corrected chi connectivity index (χ3v) is 5.75. The first-order valence-corrected chi connectivity index (χ1v) is 10.5. The summed E-state index contributed by atoms with van der Waals surface area (Å²) in [5.74, 6) is -0.986. The predicted octanol–water partition coefficient (Wildman–Crippen LogP) is 3.41. The number of hydrazone groups is 1. The topological polar surface area (TPSA) is 94.9 Å². The van der Waals surface area contributed by atoms with Crippen molar-refractivity contribution in [1.82, 2.24) is 9.99 Å². The van der Waals surface area contributed by atoms with Gasteiger partial charge in [0.15, 0.2) is 0 Å². The zero-order chi connectivity index (χ0) is 22.8. The average Bonchev–Trinajstić information content (AvgIpc) is 3.22. The van der Waals surface area contributed by atoms with Crippen LogP contribution < -0.4 is 9.84 Å². The van der Waals surface area contributed by atoms with Gasteiger partial charge in [0.2, 0.25) is 5.91 Å². The van der Waals surface area contributed by atoms with E-state index in [2.05, 4.69) is 10.1 Å². The summed E-state index contributed by atoms with van der Waals surface area (Å²) in [6, 6.07) is 14.7. The van der Waals surface area contributed by atoms with Crippen molar-refractivity contribution in [3.8, 4) is 5.75 Å². The van der Waals surface area contributed by atoms with Crippen molar-refractivity contribution in [2.24, 2.45) is 5.10 Å². The number of hydrogen-bond acceptors (Lipinski definition) is 6. The molecular weight excluding hydrogens is 430 g/mol. The van der Waals surface area contributed by atoms with Gasteiger partial charge in [0.05, 0.1) is 24.4 Å². The number of amides is 1. The number of methoxy groups -OCH3 is 1. The maximum absolute atomic E-state index is 12.9. The first kappa shape index (κ1) is 21.8. The highest BCUT2D eigenvalue weighted by Gasteiger charge is 2.34. The normalized spacial score (nSPS) is 15.7. The van der Waals surface area contributed by atoms with Gasteiger partial charge in [-0.25, -0.2) is 9.99 Å². The molecule has 0 fully saturated rings. The molecule has 0 saturated carbocycles. The number of carbonyl (C=O) groups excluding carboxylic acids is 2. The summed E-state index contributed by atoms with van der Waals surface area (Å²) in [7, 11) is 1.59. The fraction of sp³-hybridized carbons (Fsp3) is 0.250. The number of ether oxygens (including phenoxy) is 1. The maximum Gasteiger partial charge on any atom is 0.243 e. The van der Waals surface area contributed by atoms with Gasteiger partial charge in [0, 0.05) is 29.8 Å². The van der Waals surface area contributed by atoms with Crippen molar-refractivity contribution in [3.63, 3.8) is 0 Å². The van der Waals surface area contributed by atoms with E-state index >= 15 is 0 Å². The van der Waals surface area contributed by atoms with Gasteiger partial charge in [-0.1, -0.05) is 23.7 Å². The molecule has 0 aliphatic carbocycles. The number of aryl methyl sites for hydroxylation is 1. The lowest BCUT2D eigenvalue weighted by molar-refractivity contribution is -0.305. The molecule has 4 rings (SSSR count). The number of carbonyl (C=O) groups is 2. The van der Waals surface area contributed by atoms with E-state index in [-0.39, 0.29) is 18.0 Å². The van der Waals surface area contributed by atoms with Crippen LogP contribution in [-0.4, -0.2) is 34.7 Å². The van der Waals surface area contributed by atoms with E-state index in [9.17, 15) is 14.7 Å². The summed E-state index contributed by atoms with van der Waals surface area (Å²) in [6.45, 7) is 1.98. The lowest BCUT2D eigenvalue weighted by atomic mass is 9.98. The highest BCUT2D eigenvalue weighted by atomic mass is 35.5. The lowest BCUT2D eigenvalue weighted by Crippen LogP contribution is -2.30. The fourth-order valence-electron chi connectivity index (χ4n) is 3.77. The van der Waals surface area contributed by atoms with E-state index < -0.39 is 17.9 Å². The Balaban J connectivity index is 1.72. The monoisotopic (exact) mass is 450 g/mol. The van der Waals surface area contributed by atoms with Crippen LogP contribution in [0.1, 0.15) is 42.0 Å². The second-order valence-electron chi connectivity index (χ2n) is 7.67. The molecule has 0 saturated heterocycles. The zero-order valence-corrected chi connectivity index (χ0v) is 18.4. The number of carboxylic acid groups (broad SMARTS) is 1. The van der Waals surface area contributed by atoms with Crippen LogP contribution in [0.5, 0.6) is 5.75 Å². The molecule has 2 heterocycles. The molecule has 8 heteroatoms. The number of halogens is 1. The SMILES string of the molecule is COc1ccc(C2=NN(C(=O)CCC(=O)[O-])[C@@H](c3cc4ccc(C)cc4nc3Cl)C2)cc1. The largest absolute Gasteiger partial charge is 0.550 e. The van der Waals surface area contributed by atoms with Crippen LogP contribution in [0.2, 0.25) is 5.15 Å². The van der Waals surface area contributed by atoms with Gasteiger partial charge in [-0.15, -0.1) is 0 Å². The molecule has 2 aromatic carbocycles. The van der Waals surface area contributed by atoms with Crippen molar-refractivity contribution in [2.75, 3.05) is 7.11 Å². The van der Waals surface area contributed by atoms with Gasteiger partial charge >= 0.3 is 0 Å². The van der Waals surface area contributed by atoms with Crippen molar-refractivity contribution in [1.29, 1.82) is 0 Å². The van der Waals surface area contributed by atoms with Gasteiger partial charge in [-0.2, -0.15) is 5.10 Å². The number of rotatable bonds is 6. The summed E-state index contributed by atoms with van der Waals surface area (Å²) >= 11 is 6.55. The average molecular weight is 451 g/mol. The minimum Gasteiger partial charge on any atom is -0.550 e. The van der Waals surface area contributed by atoms with Crippen LogP contribution in [0.3, 0.4) is 0 Å². The number of hydrogen-bond donors (Lipinski definition) is 0. The van der Waals surface area contributed by atoms with Crippen LogP contribution in [0, 0.1) is 6.92 Å². The number of fused-ring (bicyclic) bond motifs is 1. The number of aliphatic carboxylic acids is 1. The molecule has 1 amide bonds. The summed E-state index contributed by atoms with van der Waals surface area (Å²) in [5.41, 5.74) is 4.03. The molecule has 1 aliphatic heterocycles. The number of carboxylic acids is 1. The summed E-state index contributed by atoms with van der Waals surface area (Å²) < 4.78 is 5.21. The second kappa shape index (κ2) is 8.96. The van der Waals surface area contributed by atoms with Gasteiger partial charge < -0.3 is 14.6 Å². The Kier molecular flexibility index (Phi) is 6.10. The Bertz CT molecular complexity index is 1220. The molecule has 0 radical (unpaired) electrons. The van der Waals surface area contributed by atoms with Crippen LogP contribution in [-0.2, 0) is 9.59 Å². The summed E-state index contributed by atoms with van der Waals surface area (Å²) in [4.78, 5) is 28.3. The quantitative estimate of drug-likeness (QED) is 0.536. The predicted molar refractivity (Wildman–Crippen MR) is 119 cm³/mol. The van der Waals surface area contributed by atoms with E-state index in [0.717, 1.165) is 22.0 Å². The van der Waals surface area contributed by atoms with Crippen LogP contribution in [0.15, 0.2) is 53.6 Å². The number of aromatic nitrogens is 1. The Morgan fingerprint density at radius 1 is 1.16 bits per heavy atom. The first-order chi connectivity index (χ1) is 15.4. The molecule has 0 N–H and O–H groups in total. The molecule has 1 atom stereocenters. The highest BCUT2D eigenvalue weighted by molar-refractivity contribution is 6.30. The van der Waals surface area contributed by atoms with Crippen molar-refractivity contribution in [3.05, 3.63) is 70.4 Å². The third kappa shape index (κ3) is 4.43. The van der Waals surface area contributed by atoms with Gasteiger partial charge in [0.1, 0.15) is 10.9 Å². The number of nitrogens with zero attached hydrogens (tertiary/aromatic N) is 3. The third-order valence-electron chi connectivity index (χ3n) is 5.44. The molecule has 7 nitrogen and oxygen atoms in total. The Hall–Kier alpha value is -3.45. The Morgan fingerprint density at radius 2 is 1.91 bits per heavy atom. The number of pyridine rings is 1. The van der Waals surface area contributed by atoms with E-state index in [4.69, 9.17) is 16.3 Å². The zero-order valence-electron chi connectivity index (χ0n) is 17.7. The van der Waals surface area contributed by atoms with Crippen LogP contribution >= 0.6 is 11.6 Å². The van der Waals surface area contributed by atoms with Crippen molar-refractivity contribution in [2.45, 2.75) is 32.2 Å². The molecule has 1 aliphatic rings. The van der Waals surface area contributed by atoms with Gasteiger partial charge in [-0.05, 0) is 60.9 Å². The lowest BCUT2D eigenvalue weighted by Gasteiger charge is -2.23. The minimum absolute atomic E-state index is 0.212. The molecule has 32 heavy (non-hydrogen) atoms. The van der Waals surface area contributed by atoms with E-state index in [1.54, 1.807) is 7.11 Å². The fourth-order valence-corrected chi connectivity index (χ4v) is 4.04. The number of benzene rings is 2. The minimum atomic E-state index is -1.28. The molecule has 164 valence electrons. The van der Waals surface area contributed by atoms with Gasteiger partial charge in [-0.3, -0.25) is 4.79 Å². The maximum atomic E-state index is 12.9. The van der Waals surface area contributed by atoms with E-state index in [1.807, 2.05) is 55.5 Å². The smallest absolute Gasteiger partial charge is 0.243 e. The molecule has 0 unspecified atom stereocenters. The molecule has 0 spiro atoms. The summed E-state index contributed by atoms with van der Waals surface area (Å²) in [6.07, 6.45) is -0.170. The van der Waals surface area contributed by atoms with Crippen LogP contribution in [0.4, 0.5) is 0 Å². The van der Waals surface area contributed by atoms with Gasteiger partial charge in [0.25, 0.3) is 0 Å². The Morgan fingerprint density at radius 3 is 2.59 bits per heavy atom. The highest BCUT2D eigenvalue weighted by Crippen LogP contribution is 2.38. The standard InChI is InChI=1S/C24H22ClN3O4/c1-14-3-4-16-12-18(24(25)26-19(16)11-14)21-13-20(15-5-7-17(32-2)8-6-15)27-28(21)22(29)9-10-23(30)31/h3-8,11-12,21H,9-10,13H2,1-2H3,(H,30,31)/p-1/t21-/m1/s1. The first-order valence-electron chi connectivity index (χ1n) is 10.2. The van der Waals surface area contributed by atoms with Crippen molar-refractivity contribution < 1.29 is 19.4 Å². The Labute approximate surface area is 190 Å². The van der Waals surface area contributed by atoms with Crippen molar-refractivity contribution >= 4 is 40.1 Å². The van der Waals surface area contributed by atoms with E-state index in [1.165, 1.54) is 5.01 Å². The second-order valence-corrected chi connectivity index (χ2v) is 8.03. The van der Waals surface area contributed by atoms with E-state index in [0.29, 0.717) is 23.4 Å². The molecule has 0 bridgehead atoms. The van der Waals surface area contributed by atoms with Crippen LogP contribution in [0.25, 0.3) is 10.9 Å². The molecular formula is C24H21ClN3O4-. The molecule has 3 aromatic rings. The molecule has 1 aromatic heterocycles.